The minimum Gasteiger partial charge on any atom is -0.356 e. The second-order valence-electron chi connectivity index (χ2n) is 9.17. The second kappa shape index (κ2) is 9.70. The van der Waals surface area contributed by atoms with Crippen LogP contribution in [0.5, 0.6) is 0 Å². The Labute approximate surface area is 204 Å². The van der Waals surface area contributed by atoms with E-state index in [4.69, 9.17) is 0 Å². The standard InChI is InChI=1S/C26H30N4O3S/c31-23(13-18-30-24(32)26(28-25(30)33)14-6-1-7-15-26)27-16-8-17-29-19-9-2-4-11-21(19)34-22-12-5-3-10-20(22)29/h2-5,9-12H,1,6-8,13-18H2,(H,27,31)(H,28,33). The topological polar surface area (TPSA) is 81.8 Å². The molecule has 3 aliphatic rings. The van der Waals surface area contributed by atoms with Crippen LogP contribution in [0.15, 0.2) is 58.3 Å². The van der Waals surface area contributed by atoms with Gasteiger partial charge >= 0.3 is 6.03 Å². The van der Waals surface area contributed by atoms with E-state index in [0.717, 1.165) is 32.2 Å². The highest BCUT2D eigenvalue weighted by Crippen LogP contribution is 2.47. The molecular weight excluding hydrogens is 448 g/mol. The van der Waals surface area contributed by atoms with Crippen molar-refractivity contribution in [3.8, 4) is 0 Å². The monoisotopic (exact) mass is 478 g/mol. The molecule has 2 heterocycles. The fraction of sp³-hybridized carbons (Fsp3) is 0.423. The lowest BCUT2D eigenvalue weighted by Crippen LogP contribution is -2.48. The summed E-state index contributed by atoms with van der Waals surface area (Å²) in [5.41, 5.74) is 1.64. The van der Waals surface area contributed by atoms with Crippen LogP contribution in [0.2, 0.25) is 0 Å². The Morgan fingerprint density at radius 3 is 2.24 bits per heavy atom. The zero-order chi connectivity index (χ0) is 23.5. The molecule has 0 radical (unpaired) electrons. The van der Waals surface area contributed by atoms with Gasteiger partial charge in [-0.05, 0) is 43.5 Å². The number of urea groups is 1. The average Bonchev–Trinajstić information content (AvgIpc) is 3.08. The molecule has 1 saturated carbocycles. The molecule has 1 spiro atoms. The van der Waals surface area contributed by atoms with Crippen LogP contribution in [-0.2, 0) is 9.59 Å². The summed E-state index contributed by atoms with van der Waals surface area (Å²) in [5, 5.41) is 5.85. The first-order valence-corrected chi connectivity index (χ1v) is 12.9. The van der Waals surface area contributed by atoms with Gasteiger partial charge in [0.05, 0.1) is 11.4 Å². The van der Waals surface area contributed by atoms with E-state index in [-0.39, 0.29) is 30.8 Å². The summed E-state index contributed by atoms with van der Waals surface area (Å²) in [4.78, 5) is 43.6. The third-order valence-electron chi connectivity index (χ3n) is 6.93. The number of hydrogen-bond donors (Lipinski definition) is 2. The maximum Gasteiger partial charge on any atom is 0.325 e. The summed E-state index contributed by atoms with van der Waals surface area (Å²) in [5.74, 6) is -0.300. The highest BCUT2D eigenvalue weighted by molar-refractivity contribution is 7.99. The van der Waals surface area contributed by atoms with Crippen molar-refractivity contribution in [2.24, 2.45) is 0 Å². The molecule has 5 rings (SSSR count). The summed E-state index contributed by atoms with van der Waals surface area (Å²) in [6, 6.07) is 16.4. The zero-order valence-corrected chi connectivity index (χ0v) is 20.0. The van der Waals surface area contributed by atoms with E-state index >= 15 is 0 Å². The van der Waals surface area contributed by atoms with Gasteiger partial charge in [0.25, 0.3) is 5.91 Å². The lowest BCUT2D eigenvalue weighted by molar-refractivity contribution is -0.132. The normalized spacial score (nSPS) is 18.5. The third-order valence-corrected chi connectivity index (χ3v) is 8.06. The molecule has 8 heteroatoms. The number of anilines is 2. The molecule has 1 saturated heterocycles. The van der Waals surface area contributed by atoms with Gasteiger partial charge in [-0.3, -0.25) is 14.5 Å². The van der Waals surface area contributed by atoms with E-state index in [1.807, 2.05) is 0 Å². The summed E-state index contributed by atoms with van der Waals surface area (Å²) < 4.78 is 0. The van der Waals surface area contributed by atoms with E-state index < -0.39 is 5.54 Å². The third kappa shape index (κ3) is 4.39. The molecule has 0 bridgehead atoms. The summed E-state index contributed by atoms with van der Waals surface area (Å²) in [7, 11) is 0. The first kappa shape index (κ1) is 22.8. The van der Waals surface area contributed by atoms with Gasteiger partial charge in [0.1, 0.15) is 5.54 Å². The van der Waals surface area contributed by atoms with Crippen LogP contribution in [-0.4, -0.2) is 47.9 Å². The SMILES string of the molecule is O=C(CCN1C(=O)NC2(CCCCC2)C1=O)NCCCN1c2ccccc2Sc2ccccc21. The maximum atomic E-state index is 12.8. The molecule has 7 nitrogen and oxygen atoms in total. The molecule has 4 amide bonds. The second-order valence-corrected chi connectivity index (χ2v) is 10.3. The zero-order valence-electron chi connectivity index (χ0n) is 19.2. The fourth-order valence-electron chi connectivity index (χ4n) is 5.16. The van der Waals surface area contributed by atoms with Crippen molar-refractivity contribution in [1.82, 2.24) is 15.5 Å². The van der Waals surface area contributed by atoms with Crippen LogP contribution >= 0.6 is 11.8 Å². The van der Waals surface area contributed by atoms with Crippen LogP contribution in [0.4, 0.5) is 16.2 Å². The minimum absolute atomic E-state index is 0.126. The average molecular weight is 479 g/mol. The Morgan fingerprint density at radius 2 is 1.56 bits per heavy atom. The van der Waals surface area contributed by atoms with E-state index in [2.05, 4.69) is 64.1 Å². The molecule has 2 aliphatic heterocycles. The van der Waals surface area contributed by atoms with Crippen molar-refractivity contribution >= 4 is 41.0 Å². The number of nitrogens with zero attached hydrogens (tertiary/aromatic N) is 2. The summed E-state index contributed by atoms with van der Waals surface area (Å²) in [6.45, 7) is 1.45. The van der Waals surface area contributed by atoms with E-state index in [1.54, 1.807) is 11.8 Å². The van der Waals surface area contributed by atoms with E-state index in [9.17, 15) is 14.4 Å². The largest absolute Gasteiger partial charge is 0.356 e. The van der Waals surface area contributed by atoms with E-state index in [0.29, 0.717) is 19.4 Å². The number of carbonyl (C=O) groups excluding carboxylic acids is 3. The summed E-state index contributed by atoms with van der Waals surface area (Å²) in [6.07, 6.45) is 5.30. The van der Waals surface area contributed by atoms with Crippen LogP contribution in [0.1, 0.15) is 44.9 Å². The van der Waals surface area contributed by atoms with Gasteiger partial charge in [-0.1, -0.05) is 55.3 Å². The number of carbonyl (C=O) groups is 3. The quantitative estimate of drug-likeness (QED) is 0.454. The Hall–Kier alpha value is -3.00. The highest BCUT2D eigenvalue weighted by Gasteiger charge is 2.51. The summed E-state index contributed by atoms with van der Waals surface area (Å²) >= 11 is 1.78. The Bertz CT molecular complexity index is 1050. The molecule has 2 aromatic carbocycles. The first-order chi connectivity index (χ1) is 16.6. The van der Waals surface area contributed by atoms with Gasteiger partial charge in [0.15, 0.2) is 0 Å². The minimum atomic E-state index is -0.731. The van der Waals surface area contributed by atoms with Crippen molar-refractivity contribution in [2.75, 3.05) is 24.5 Å². The van der Waals surface area contributed by atoms with Crippen molar-refractivity contribution < 1.29 is 14.4 Å². The molecule has 0 aromatic heterocycles. The number of hydrogen-bond acceptors (Lipinski definition) is 5. The Morgan fingerprint density at radius 1 is 0.912 bits per heavy atom. The van der Waals surface area contributed by atoms with Gasteiger partial charge in [-0.15, -0.1) is 0 Å². The van der Waals surface area contributed by atoms with Crippen molar-refractivity contribution in [3.05, 3.63) is 48.5 Å². The van der Waals surface area contributed by atoms with Crippen molar-refractivity contribution in [3.63, 3.8) is 0 Å². The van der Waals surface area contributed by atoms with E-state index in [1.165, 1.54) is 26.1 Å². The number of nitrogens with one attached hydrogen (secondary N) is 2. The van der Waals surface area contributed by atoms with Crippen LogP contribution in [0.3, 0.4) is 0 Å². The van der Waals surface area contributed by atoms with Crippen LogP contribution in [0.25, 0.3) is 0 Å². The fourth-order valence-corrected chi connectivity index (χ4v) is 6.26. The predicted molar refractivity (Wildman–Crippen MR) is 132 cm³/mol. The molecule has 2 fully saturated rings. The van der Waals surface area contributed by atoms with Gasteiger partial charge in [0.2, 0.25) is 5.91 Å². The lowest BCUT2D eigenvalue weighted by Gasteiger charge is -2.32. The number of benzene rings is 2. The van der Waals surface area contributed by atoms with Crippen LogP contribution in [0, 0.1) is 0 Å². The number of imide groups is 1. The maximum absolute atomic E-state index is 12.8. The smallest absolute Gasteiger partial charge is 0.325 e. The van der Waals surface area contributed by atoms with Gasteiger partial charge in [-0.2, -0.15) is 0 Å². The molecule has 2 aromatic rings. The molecule has 0 atom stereocenters. The number of amides is 4. The Kier molecular flexibility index (Phi) is 6.50. The number of fused-ring (bicyclic) bond motifs is 2. The predicted octanol–water partition coefficient (Wildman–Crippen LogP) is 4.44. The Balaban J connectivity index is 1.11. The molecular formula is C26H30N4O3S. The number of rotatable bonds is 7. The number of para-hydroxylation sites is 2. The molecule has 1 aliphatic carbocycles. The first-order valence-electron chi connectivity index (χ1n) is 12.1. The van der Waals surface area contributed by atoms with Gasteiger partial charge in [0, 0.05) is 35.8 Å². The lowest BCUT2D eigenvalue weighted by atomic mass is 9.82. The molecule has 34 heavy (non-hydrogen) atoms. The molecule has 178 valence electrons. The van der Waals surface area contributed by atoms with Gasteiger partial charge in [-0.25, -0.2) is 4.79 Å². The molecule has 2 N–H and O–H groups in total. The van der Waals surface area contributed by atoms with Crippen molar-refractivity contribution in [2.45, 2.75) is 60.3 Å². The molecule has 0 unspecified atom stereocenters. The van der Waals surface area contributed by atoms with Crippen LogP contribution < -0.4 is 15.5 Å². The highest BCUT2D eigenvalue weighted by atomic mass is 32.2. The van der Waals surface area contributed by atoms with Crippen molar-refractivity contribution in [1.29, 1.82) is 0 Å². The van der Waals surface area contributed by atoms with Gasteiger partial charge < -0.3 is 15.5 Å².